The molecular formula is C19H28N4O5. The van der Waals surface area contributed by atoms with Gasteiger partial charge >= 0.3 is 0 Å². The molecule has 1 aromatic heterocycles. The Morgan fingerprint density at radius 2 is 2.11 bits per heavy atom. The van der Waals surface area contributed by atoms with Crippen molar-refractivity contribution in [2.45, 2.75) is 63.4 Å². The van der Waals surface area contributed by atoms with Gasteiger partial charge in [0.15, 0.2) is 5.69 Å². The zero-order valence-corrected chi connectivity index (χ0v) is 16.4. The van der Waals surface area contributed by atoms with E-state index in [1.165, 1.54) is 6.92 Å². The Kier molecular flexibility index (Phi) is 4.93. The number of nitrogens with one attached hydrogen (secondary N) is 2. The summed E-state index contributed by atoms with van der Waals surface area (Å²) in [7, 11) is 0. The maximum absolute atomic E-state index is 13.0. The van der Waals surface area contributed by atoms with Gasteiger partial charge in [0.1, 0.15) is 0 Å². The van der Waals surface area contributed by atoms with Gasteiger partial charge in [-0.2, -0.15) is 5.10 Å². The molecule has 9 heteroatoms. The van der Waals surface area contributed by atoms with Gasteiger partial charge in [0.25, 0.3) is 5.91 Å². The number of aromatic amines is 1. The number of aliphatic hydroxyl groups is 1. The topological polar surface area (TPSA) is 117 Å². The molecule has 3 aliphatic rings. The molecule has 1 aromatic rings. The number of ether oxygens (including phenoxy) is 2. The number of amides is 2. The summed E-state index contributed by atoms with van der Waals surface area (Å²) >= 11 is 0. The fourth-order valence-corrected chi connectivity index (χ4v) is 4.59. The average molecular weight is 392 g/mol. The number of aromatic nitrogens is 2. The lowest BCUT2D eigenvalue weighted by atomic mass is 9.75. The molecule has 1 spiro atoms. The number of fused-ring (bicyclic) bond motifs is 1. The van der Waals surface area contributed by atoms with Crippen LogP contribution >= 0.6 is 0 Å². The molecule has 0 unspecified atom stereocenters. The Hall–Kier alpha value is -1.97. The zero-order valence-electron chi connectivity index (χ0n) is 16.4. The third-order valence-electron chi connectivity index (χ3n) is 6.22. The zero-order chi connectivity index (χ0) is 19.9. The third-order valence-corrected chi connectivity index (χ3v) is 6.22. The molecule has 28 heavy (non-hydrogen) atoms. The first-order chi connectivity index (χ1) is 13.3. The summed E-state index contributed by atoms with van der Waals surface area (Å²) in [5, 5.41) is 20.8. The second kappa shape index (κ2) is 7.13. The summed E-state index contributed by atoms with van der Waals surface area (Å²) in [6.45, 7) is 5.59. The molecule has 3 N–H and O–H groups in total. The minimum absolute atomic E-state index is 0.0865. The Balaban J connectivity index is 1.40. The van der Waals surface area contributed by atoms with Crippen LogP contribution in [0.2, 0.25) is 0 Å². The van der Waals surface area contributed by atoms with Crippen LogP contribution in [-0.4, -0.2) is 75.6 Å². The quantitative estimate of drug-likeness (QED) is 0.659. The van der Waals surface area contributed by atoms with Crippen LogP contribution in [0.15, 0.2) is 0 Å². The highest BCUT2D eigenvalue weighted by Crippen LogP contribution is 2.40. The smallest absolute Gasteiger partial charge is 0.274 e. The first-order valence-corrected chi connectivity index (χ1v) is 9.86. The fourth-order valence-electron chi connectivity index (χ4n) is 4.59. The number of piperidine rings is 1. The van der Waals surface area contributed by atoms with Crippen LogP contribution in [-0.2, 0) is 27.3 Å². The van der Waals surface area contributed by atoms with E-state index >= 15 is 0 Å². The van der Waals surface area contributed by atoms with E-state index in [0.717, 1.165) is 17.7 Å². The van der Waals surface area contributed by atoms with E-state index in [4.69, 9.17) is 9.47 Å². The number of carbonyl (C=O) groups is 2. The van der Waals surface area contributed by atoms with Crippen molar-refractivity contribution in [3.05, 3.63) is 17.0 Å². The molecule has 4 rings (SSSR count). The van der Waals surface area contributed by atoms with E-state index in [-0.39, 0.29) is 18.4 Å². The molecular weight excluding hydrogens is 364 g/mol. The summed E-state index contributed by atoms with van der Waals surface area (Å²) in [6.07, 6.45) is 2.46. The van der Waals surface area contributed by atoms with Crippen LogP contribution in [0.5, 0.6) is 0 Å². The van der Waals surface area contributed by atoms with Gasteiger partial charge < -0.3 is 24.8 Å². The highest BCUT2D eigenvalue weighted by Gasteiger charge is 2.49. The highest BCUT2D eigenvalue weighted by atomic mass is 16.5. The molecule has 4 heterocycles. The van der Waals surface area contributed by atoms with Gasteiger partial charge in [-0.05, 0) is 19.8 Å². The van der Waals surface area contributed by atoms with Gasteiger partial charge in [0, 0.05) is 44.1 Å². The summed E-state index contributed by atoms with van der Waals surface area (Å²) in [4.78, 5) is 26.1. The average Bonchev–Trinajstić information content (AvgIpc) is 3.08. The van der Waals surface area contributed by atoms with Gasteiger partial charge in [-0.1, -0.05) is 0 Å². The van der Waals surface area contributed by atoms with E-state index in [1.54, 1.807) is 11.8 Å². The van der Waals surface area contributed by atoms with E-state index in [9.17, 15) is 14.7 Å². The lowest BCUT2D eigenvalue weighted by Crippen LogP contribution is -2.64. The van der Waals surface area contributed by atoms with Crippen molar-refractivity contribution in [1.82, 2.24) is 20.4 Å². The van der Waals surface area contributed by atoms with E-state index in [2.05, 4.69) is 15.5 Å². The number of hydrogen-bond acceptors (Lipinski definition) is 6. The molecule has 3 aliphatic heterocycles. The van der Waals surface area contributed by atoms with Crippen LogP contribution in [0.1, 0.15) is 54.9 Å². The Labute approximate surface area is 163 Å². The standard InChI is InChI=1S/C19H28N4O5/c1-12(24)20-15-10-28-19(11-18(15,2)26)4-6-23(7-5-19)17(25)16-13-9-27-8-3-14(13)21-22-16/h15,26H,3-11H2,1-2H3,(H,20,24)(H,21,22)/t15-,18-/m0/s1. The SMILES string of the molecule is CC(=O)N[C@H]1COC2(CCN(C(=O)c3n[nH]c4c3COCC4)CC2)C[C@]1(C)O. The third kappa shape index (κ3) is 3.54. The van der Waals surface area contributed by atoms with Crippen LogP contribution in [0.3, 0.4) is 0 Å². The van der Waals surface area contributed by atoms with E-state index in [1.807, 2.05) is 0 Å². The Morgan fingerprint density at radius 3 is 2.79 bits per heavy atom. The normalized spacial score (nSPS) is 29.4. The summed E-state index contributed by atoms with van der Waals surface area (Å²) in [5.74, 6) is -0.270. The molecule has 9 nitrogen and oxygen atoms in total. The predicted molar refractivity (Wildman–Crippen MR) is 98.6 cm³/mol. The second-order valence-electron chi connectivity index (χ2n) is 8.41. The number of hydrogen-bond donors (Lipinski definition) is 3. The first kappa shape index (κ1) is 19.4. The molecule has 0 aromatic carbocycles. The number of H-pyrrole nitrogens is 1. The molecule has 0 bridgehead atoms. The number of likely N-dealkylation sites (tertiary alicyclic amines) is 1. The summed E-state index contributed by atoms with van der Waals surface area (Å²) in [6, 6.07) is -0.425. The van der Waals surface area contributed by atoms with Gasteiger partial charge in [0.2, 0.25) is 5.91 Å². The number of nitrogens with zero attached hydrogens (tertiary/aromatic N) is 2. The fraction of sp³-hybridized carbons (Fsp3) is 0.737. The molecule has 2 atom stereocenters. The first-order valence-electron chi connectivity index (χ1n) is 9.86. The van der Waals surface area contributed by atoms with E-state index in [0.29, 0.717) is 51.3 Å². The van der Waals surface area contributed by atoms with Crippen molar-refractivity contribution < 1.29 is 24.2 Å². The van der Waals surface area contributed by atoms with Crippen LogP contribution in [0.25, 0.3) is 0 Å². The van der Waals surface area contributed by atoms with Crippen molar-refractivity contribution in [1.29, 1.82) is 0 Å². The van der Waals surface area contributed by atoms with Gasteiger partial charge in [0.05, 0.1) is 37.1 Å². The van der Waals surface area contributed by atoms with Crippen molar-refractivity contribution in [3.63, 3.8) is 0 Å². The Bertz CT molecular complexity index is 766. The lowest BCUT2D eigenvalue weighted by Gasteiger charge is -2.51. The number of carbonyl (C=O) groups excluding carboxylic acids is 2. The highest BCUT2D eigenvalue weighted by molar-refractivity contribution is 5.94. The molecule has 2 saturated heterocycles. The van der Waals surface area contributed by atoms with Crippen molar-refractivity contribution in [3.8, 4) is 0 Å². The van der Waals surface area contributed by atoms with Crippen LogP contribution < -0.4 is 5.32 Å². The maximum Gasteiger partial charge on any atom is 0.274 e. The molecule has 0 aliphatic carbocycles. The minimum atomic E-state index is -1.05. The summed E-state index contributed by atoms with van der Waals surface area (Å²) < 4.78 is 11.6. The van der Waals surface area contributed by atoms with Crippen molar-refractivity contribution in [2.24, 2.45) is 0 Å². The molecule has 154 valence electrons. The minimum Gasteiger partial charge on any atom is -0.388 e. The second-order valence-corrected chi connectivity index (χ2v) is 8.41. The van der Waals surface area contributed by atoms with Crippen LogP contribution in [0.4, 0.5) is 0 Å². The van der Waals surface area contributed by atoms with Gasteiger partial charge in [-0.25, -0.2) is 0 Å². The maximum atomic E-state index is 13.0. The van der Waals surface area contributed by atoms with Gasteiger partial charge in [-0.15, -0.1) is 0 Å². The van der Waals surface area contributed by atoms with E-state index < -0.39 is 17.2 Å². The monoisotopic (exact) mass is 392 g/mol. The largest absolute Gasteiger partial charge is 0.388 e. The predicted octanol–water partition coefficient (Wildman–Crippen LogP) is 0.133. The molecule has 2 fully saturated rings. The van der Waals surface area contributed by atoms with Gasteiger partial charge in [-0.3, -0.25) is 14.7 Å². The van der Waals surface area contributed by atoms with Crippen molar-refractivity contribution >= 4 is 11.8 Å². The number of rotatable bonds is 2. The Morgan fingerprint density at radius 1 is 1.36 bits per heavy atom. The molecule has 0 saturated carbocycles. The van der Waals surface area contributed by atoms with Crippen molar-refractivity contribution in [2.75, 3.05) is 26.3 Å². The molecule has 0 radical (unpaired) electrons. The summed E-state index contributed by atoms with van der Waals surface area (Å²) in [5.41, 5.74) is 0.788. The lowest BCUT2D eigenvalue weighted by molar-refractivity contribution is -0.187. The molecule has 2 amide bonds. The van der Waals surface area contributed by atoms with Crippen LogP contribution in [0, 0.1) is 0 Å².